The van der Waals surface area contributed by atoms with Crippen molar-refractivity contribution in [2.75, 3.05) is 0 Å². The van der Waals surface area contributed by atoms with Crippen LogP contribution in [0.4, 0.5) is 0 Å². The number of carbonyl (C=O) groups is 1. The minimum atomic E-state index is -1.21. The number of carbonyl (C=O) groups excluding carboxylic acids is 1. The number of benzene rings is 2. The Bertz CT molecular complexity index is 892. The van der Waals surface area contributed by atoms with Crippen LogP contribution in [0, 0.1) is 0 Å². The van der Waals surface area contributed by atoms with Gasteiger partial charge in [0.05, 0.1) is 16.6 Å². The zero-order chi connectivity index (χ0) is 17.6. The van der Waals surface area contributed by atoms with Crippen LogP contribution in [0.1, 0.15) is 21.9 Å². The predicted octanol–water partition coefficient (Wildman–Crippen LogP) is 4.17. The molecule has 3 rings (SSSR count). The van der Waals surface area contributed by atoms with Crippen LogP contribution in [0.3, 0.4) is 0 Å². The van der Waals surface area contributed by atoms with Gasteiger partial charge in [-0.15, -0.1) is 0 Å². The molecular formula is C19H16ClNO3S. The van der Waals surface area contributed by atoms with Gasteiger partial charge in [-0.25, -0.2) is 0 Å². The Labute approximate surface area is 153 Å². The second kappa shape index (κ2) is 8.14. The van der Waals surface area contributed by atoms with Crippen LogP contribution in [-0.2, 0) is 23.1 Å². The highest BCUT2D eigenvalue weighted by atomic mass is 35.5. The molecular weight excluding hydrogens is 358 g/mol. The number of amides is 1. The van der Waals surface area contributed by atoms with E-state index in [1.807, 2.05) is 36.4 Å². The summed E-state index contributed by atoms with van der Waals surface area (Å²) in [5.74, 6) is 0.579. The Balaban J connectivity index is 1.60. The zero-order valence-electron chi connectivity index (χ0n) is 13.3. The van der Waals surface area contributed by atoms with E-state index in [2.05, 4.69) is 5.32 Å². The van der Waals surface area contributed by atoms with Crippen molar-refractivity contribution in [3.8, 4) is 0 Å². The van der Waals surface area contributed by atoms with Gasteiger partial charge in [0.2, 0.25) is 0 Å². The van der Waals surface area contributed by atoms with Gasteiger partial charge in [0.25, 0.3) is 5.91 Å². The Morgan fingerprint density at radius 3 is 2.48 bits per heavy atom. The average molecular weight is 374 g/mol. The van der Waals surface area contributed by atoms with Crippen molar-refractivity contribution >= 4 is 28.3 Å². The van der Waals surface area contributed by atoms with Gasteiger partial charge in [-0.05, 0) is 35.9 Å². The van der Waals surface area contributed by atoms with Crippen molar-refractivity contribution in [1.82, 2.24) is 5.32 Å². The number of nitrogens with one attached hydrogen (secondary N) is 1. The molecule has 128 valence electrons. The van der Waals surface area contributed by atoms with Crippen LogP contribution in [0.25, 0.3) is 0 Å². The summed E-state index contributed by atoms with van der Waals surface area (Å²) in [5.41, 5.74) is 0.828. The molecule has 6 heteroatoms. The first-order valence-electron chi connectivity index (χ1n) is 7.67. The van der Waals surface area contributed by atoms with Gasteiger partial charge in [0.15, 0.2) is 5.76 Å². The Morgan fingerprint density at radius 2 is 1.72 bits per heavy atom. The molecule has 1 N–H and O–H groups in total. The van der Waals surface area contributed by atoms with E-state index in [1.165, 1.54) is 0 Å². The molecule has 0 aliphatic heterocycles. The highest BCUT2D eigenvalue weighted by Gasteiger charge is 2.14. The maximum Gasteiger partial charge on any atom is 0.287 e. The number of rotatable bonds is 6. The zero-order valence-corrected chi connectivity index (χ0v) is 14.8. The molecule has 1 unspecified atom stereocenters. The molecule has 3 aromatic rings. The third kappa shape index (κ3) is 4.59. The van der Waals surface area contributed by atoms with Crippen molar-refractivity contribution in [3.63, 3.8) is 0 Å². The molecule has 1 aromatic heterocycles. The molecule has 25 heavy (non-hydrogen) atoms. The first-order chi connectivity index (χ1) is 12.1. The van der Waals surface area contributed by atoms with Crippen LogP contribution in [0.2, 0.25) is 5.02 Å². The van der Waals surface area contributed by atoms with Crippen molar-refractivity contribution in [3.05, 3.63) is 88.8 Å². The maximum absolute atomic E-state index is 12.3. The van der Waals surface area contributed by atoms with E-state index >= 15 is 0 Å². The summed E-state index contributed by atoms with van der Waals surface area (Å²) in [4.78, 5) is 12.9. The fourth-order valence-corrected chi connectivity index (χ4v) is 3.51. The lowest BCUT2D eigenvalue weighted by molar-refractivity contribution is 0.0921. The molecule has 1 amide bonds. The number of furan rings is 1. The maximum atomic E-state index is 12.3. The van der Waals surface area contributed by atoms with E-state index in [9.17, 15) is 9.00 Å². The van der Waals surface area contributed by atoms with Gasteiger partial charge >= 0.3 is 0 Å². The summed E-state index contributed by atoms with van der Waals surface area (Å²) < 4.78 is 17.8. The standard InChI is InChI=1S/C19H16ClNO3S/c20-17-9-5-4-6-14(17)12-21-19(22)18-11-10-15(24-18)13-25(23)16-7-2-1-3-8-16/h1-11H,12-13H2,(H,21,22). The summed E-state index contributed by atoms with van der Waals surface area (Å²) in [6, 6.07) is 19.7. The highest BCUT2D eigenvalue weighted by Crippen LogP contribution is 2.16. The average Bonchev–Trinajstić information content (AvgIpc) is 3.10. The summed E-state index contributed by atoms with van der Waals surface area (Å²) in [6.07, 6.45) is 0. The third-order valence-electron chi connectivity index (χ3n) is 3.56. The lowest BCUT2D eigenvalue weighted by atomic mass is 10.2. The van der Waals surface area contributed by atoms with Crippen molar-refractivity contribution < 1.29 is 13.4 Å². The Morgan fingerprint density at radius 1 is 1.00 bits per heavy atom. The van der Waals surface area contributed by atoms with Gasteiger partial charge in [0, 0.05) is 16.5 Å². The molecule has 1 atom stereocenters. The van der Waals surface area contributed by atoms with E-state index in [0.29, 0.717) is 17.3 Å². The summed E-state index contributed by atoms with van der Waals surface area (Å²) in [5, 5.41) is 3.36. The van der Waals surface area contributed by atoms with E-state index in [1.54, 1.807) is 30.3 Å². The van der Waals surface area contributed by atoms with Crippen molar-refractivity contribution in [2.24, 2.45) is 0 Å². The second-order valence-corrected chi connectivity index (χ2v) is 7.20. The number of halogens is 1. The van der Waals surface area contributed by atoms with Crippen LogP contribution >= 0.6 is 11.6 Å². The molecule has 0 aliphatic carbocycles. The van der Waals surface area contributed by atoms with Crippen molar-refractivity contribution in [2.45, 2.75) is 17.2 Å². The van der Waals surface area contributed by atoms with Gasteiger partial charge in [-0.1, -0.05) is 48.0 Å². The molecule has 1 heterocycles. The second-order valence-electron chi connectivity index (χ2n) is 5.34. The summed E-state index contributed by atoms with van der Waals surface area (Å²) in [6.45, 7) is 0.310. The highest BCUT2D eigenvalue weighted by molar-refractivity contribution is 7.84. The van der Waals surface area contributed by atoms with Gasteiger partial charge in [0.1, 0.15) is 5.76 Å². The minimum absolute atomic E-state index is 0.187. The predicted molar refractivity (Wildman–Crippen MR) is 97.9 cm³/mol. The molecule has 4 nitrogen and oxygen atoms in total. The summed E-state index contributed by atoms with van der Waals surface area (Å²) >= 11 is 6.06. The first kappa shape index (κ1) is 17.5. The van der Waals surface area contributed by atoms with Crippen LogP contribution in [0.15, 0.2) is 76.0 Å². The molecule has 0 spiro atoms. The number of hydrogen-bond acceptors (Lipinski definition) is 3. The molecule has 0 radical (unpaired) electrons. The van der Waals surface area contributed by atoms with E-state index in [0.717, 1.165) is 10.5 Å². The fraction of sp³-hybridized carbons (Fsp3) is 0.105. The summed E-state index contributed by atoms with van der Waals surface area (Å²) in [7, 11) is -1.21. The largest absolute Gasteiger partial charge is 0.455 e. The molecule has 0 aliphatic rings. The van der Waals surface area contributed by atoms with Gasteiger partial charge < -0.3 is 9.73 Å². The van der Waals surface area contributed by atoms with Crippen LogP contribution in [-0.4, -0.2) is 10.1 Å². The molecule has 0 saturated heterocycles. The van der Waals surface area contributed by atoms with Crippen LogP contribution < -0.4 is 5.32 Å². The molecule has 2 aromatic carbocycles. The van der Waals surface area contributed by atoms with Gasteiger partial charge in [-0.2, -0.15) is 0 Å². The fourth-order valence-electron chi connectivity index (χ4n) is 2.27. The Hall–Kier alpha value is -2.37. The first-order valence-corrected chi connectivity index (χ1v) is 9.37. The van der Waals surface area contributed by atoms with E-state index in [-0.39, 0.29) is 17.4 Å². The third-order valence-corrected chi connectivity index (χ3v) is 5.28. The monoisotopic (exact) mass is 373 g/mol. The molecule has 0 bridgehead atoms. The molecule has 0 fully saturated rings. The quantitative estimate of drug-likeness (QED) is 0.705. The normalized spacial score (nSPS) is 11.9. The van der Waals surface area contributed by atoms with Crippen molar-refractivity contribution in [1.29, 1.82) is 0 Å². The molecule has 0 saturated carbocycles. The van der Waals surface area contributed by atoms with E-state index in [4.69, 9.17) is 16.0 Å². The Kier molecular flexibility index (Phi) is 5.68. The minimum Gasteiger partial charge on any atom is -0.455 e. The lowest BCUT2D eigenvalue weighted by Gasteiger charge is -2.05. The SMILES string of the molecule is O=C(NCc1ccccc1Cl)c1ccc(CS(=O)c2ccccc2)o1. The van der Waals surface area contributed by atoms with E-state index < -0.39 is 10.8 Å². The smallest absolute Gasteiger partial charge is 0.287 e. The van der Waals surface area contributed by atoms with Gasteiger partial charge in [-0.3, -0.25) is 9.00 Å². The number of hydrogen-bond donors (Lipinski definition) is 1. The topological polar surface area (TPSA) is 59.3 Å². The van der Waals surface area contributed by atoms with Crippen LogP contribution in [0.5, 0.6) is 0 Å². The lowest BCUT2D eigenvalue weighted by Crippen LogP contribution is -2.22.